The Hall–Kier alpha value is -0.850. The maximum atomic E-state index is 12.6. The summed E-state index contributed by atoms with van der Waals surface area (Å²) in [5.74, 6) is 0.825. The molecule has 0 radical (unpaired) electrons. The van der Waals surface area contributed by atoms with Crippen LogP contribution in [0.4, 0.5) is 4.39 Å². The Balaban J connectivity index is 2.27. The molecule has 0 N–H and O–H groups in total. The molecule has 100 valence electrons. The van der Waals surface area contributed by atoms with Crippen LogP contribution in [-0.4, -0.2) is 0 Å². The summed E-state index contributed by atoms with van der Waals surface area (Å²) in [5.41, 5.74) is 2.60. The van der Waals surface area contributed by atoms with Gasteiger partial charge in [0.2, 0.25) is 0 Å². The van der Waals surface area contributed by atoms with Crippen LogP contribution in [0.1, 0.15) is 63.5 Å². The van der Waals surface area contributed by atoms with Crippen molar-refractivity contribution in [2.24, 2.45) is 5.92 Å². The van der Waals surface area contributed by atoms with E-state index < -0.39 is 0 Å². The van der Waals surface area contributed by atoms with E-state index in [1.165, 1.54) is 44.1 Å². The highest BCUT2D eigenvalue weighted by atomic mass is 19.1. The van der Waals surface area contributed by atoms with Crippen LogP contribution in [0.5, 0.6) is 0 Å². The summed E-state index contributed by atoms with van der Waals surface area (Å²) in [6, 6.07) is 8.27. The van der Waals surface area contributed by atoms with Gasteiger partial charge in [0.05, 0.1) is 0 Å². The number of hydrogen-bond donors (Lipinski definition) is 0. The molecule has 1 fully saturated rings. The molecule has 1 saturated carbocycles. The number of rotatable bonds is 4. The Kier molecular flexibility index (Phi) is 4.42. The van der Waals surface area contributed by atoms with Gasteiger partial charge in [-0.15, -0.1) is 0 Å². The third-order valence-electron chi connectivity index (χ3n) is 4.54. The molecule has 0 nitrogen and oxygen atoms in total. The quantitative estimate of drug-likeness (QED) is 0.669. The van der Waals surface area contributed by atoms with Crippen LogP contribution in [0, 0.1) is 5.92 Å². The van der Waals surface area contributed by atoms with Gasteiger partial charge in [-0.25, -0.2) is 4.39 Å². The van der Waals surface area contributed by atoms with Gasteiger partial charge in [0, 0.05) is 0 Å². The molecule has 2 rings (SSSR count). The molecule has 0 amide bonds. The van der Waals surface area contributed by atoms with Gasteiger partial charge in [0.15, 0.2) is 0 Å². The van der Waals surface area contributed by atoms with Gasteiger partial charge in [0.1, 0.15) is 6.67 Å². The van der Waals surface area contributed by atoms with Crippen molar-refractivity contribution in [1.29, 1.82) is 0 Å². The predicted octanol–water partition coefficient (Wildman–Crippen LogP) is 5.40. The summed E-state index contributed by atoms with van der Waals surface area (Å²) in [7, 11) is 0. The smallest absolute Gasteiger partial charge is 0.115 e. The van der Waals surface area contributed by atoms with Gasteiger partial charge in [-0.05, 0) is 41.7 Å². The molecule has 18 heavy (non-hydrogen) atoms. The summed E-state index contributed by atoms with van der Waals surface area (Å²) in [6.07, 6.45) is 7.82. The monoisotopic (exact) mass is 248 g/mol. The Bertz CT molecular complexity index is 364. The summed E-state index contributed by atoms with van der Waals surface area (Å²) in [4.78, 5) is 0. The lowest BCUT2D eigenvalue weighted by Gasteiger charge is -2.41. The van der Waals surface area contributed by atoms with Crippen LogP contribution in [0.2, 0.25) is 0 Å². The number of alkyl halides is 1. The zero-order valence-electron chi connectivity index (χ0n) is 11.7. The van der Waals surface area contributed by atoms with Crippen LogP contribution in [0.25, 0.3) is 0 Å². The van der Waals surface area contributed by atoms with Crippen LogP contribution in [0.3, 0.4) is 0 Å². The molecule has 1 aliphatic carbocycles. The number of hydrogen-bond acceptors (Lipinski definition) is 0. The van der Waals surface area contributed by atoms with E-state index in [1.807, 2.05) is 12.1 Å². The molecule has 0 aliphatic heterocycles. The van der Waals surface area contributed by atoms with Gasteiger partial charge in [-0.2, -0.15) is 0 Å². The van der Waals surface area contributed by atoms with E-state index in [0.717, 1.165) is 11.5 Å². The summed E-state index contributed by atoms with van der Waals surface area (Å²) in [6.45, 7) is 4.30. The Morgan fingerprint density at radius 1 is 1.28 bits per heavy atom. The molecule has 1 heteroatoms. The van der Waals surface area contributed by atoms with Crippen LogP contribution < -0.4 is 0 Å². The Morgan fingerprint density at radius 3 is 2.56 bits per heavy atom. The molecular formula is C17H25F. The molecule has 0 spiro atoms. The first-order chi connectivity index (χ1) is 8.70. The van der Waals surface area contributed by atoms with Crippen molar-refractivity contribution in [1.82, 2.24) is 0 Å². The van der Waals surface area contributed by atoms with Crippen molar-refractivity contribution in [2.75, 3.05) is 0 Å². The molecule has 0 heterocycles. The lowest BCUT2D eigenvalue weighted by atomic mass is 9.64. The van der Waals surface area contributed by atoms with E-state index in [1.54, 1.807) is 0 Å². The Labute approximate surface area is 111 Å². The zero-order chi connectivity index (χ0) is 13.0. The van der Waals surface area contributed by atoms with Crippen molar-refractivity contribution in [3.8, 4) is 0 Å². The fourth-order valence-corrected chi connectivity index (χ4v) is 3.72. The molecule has 2 atom stereocenters. The average Bonchev–Trinajstić information content (AvgIpc) is 2.39. The highest BCUT2D eigenvalue weighted by Crippen LogP contribution is 2.45. The number of benzene rings is 1. The molecule has 1 aromatic rings. The molecule has 0 bridgehead atoms. The van der Waals surface area contributed by atoms with Gasteiger partial charge < -0.3 is 0 Å². The van der Waals surface area contributed by atoms with Gasteiger partial charge in [0.25, 0.3) is 0 Å². The highest BCUT2D eigenvalue weighted by molar-refractivity contribution is 5.29. The summed E-state index contributed by atoms with van der Waals surface area (Å²) >= 11 is 0. The second-order valence-electron chi connectivity index (χ2n) is 6.06. The largest absolute Gasteiger partial charge is 0.246 e. The lowest BCUT2D eigenvalue weighted by Crippen LogP contribution is -2.32. The van der Waals surface area contributed by atoms with Crippen LogP contribution in [0.15, 0.2) is 24.3 Å². The Morgan fingerprint density at radius 2 is 2.00 bits per heavy atom. The van der Waals surface area contributed by atoms with Crippen molar-refractivity contribution in [3.63, 3.8) is 0 Å². The van der Waals surface area contributed by atoms with E-state index in [9.17, 15) is 4.39 Å². The van der Waals surface area contributed by atoms with Gasteiger partial charge >= 0.3 is 0 Å². The third kappa shape index (κ3) is 2.76. The lowest BCUT2D eigenvalue weighted by molar-refractivity contribution is 0.217. The fourth-order valence-electron chi connectivity index (χ4n) is 3.72. The van der Waals surface area contributed by atoms with Crippen molar-refractivity contribution in [3.05, 3.63) is 35.4 Å². The molecular weight excluding hydrogens is 223 g/mol. The first-order valence-corrected chi connectivity index (χ1v) is 7.35. The standard InChI is InChI=1S/C17H25F/c1-3-10-17(11-4-5-14(2)12-17)16-8-6-15(13-18)7-9-16/h6-9,14H,3-5,10-13H2,1-2H3. The van der Waals surface area contributed by atoms with Crippen molar-refractivity contribution in [2.45, 2.75) is 64.5 Å². The van der Waals surface area contributed by atoms with E-state index in [2.05, 4.69) is 26.0 Å². The van der Waals surface area contributed by atoms with Crippen molar-refractivity contribution < 1.29 is 4.39 Å². The first-order valence-electron chi connectivity index (χ1n) is 7.35. The topological polar surface area (TPSA) is 0 Å². The first kappa shape index (κ1) is 13.6. The molecule has 1 aromatic carbocycles. The van der Waals surface area contributed by atoms with Crippen LogP contribution >= 0.6 is 0 Å². The van der Waals surface area contributed by atoms with Gasteiger partial charge in [-0.3, -0.25) is 0 Å². The van der Waals surface area contributed by atoms with Crippen molar-refractivity contribution >= 4 is 0 Å². The van der Waals surface area contributed by atoms with Crippen LogP contribution in [-0.2, 0) is 12.1 Å². The van der Waals surface area contributed by atoms with Gasteiger partial charge in [-0.1, -0.05) is 57.4 Å². The van der Waals surface area contributed by atoms with E-state index >= 15 is 0 Å². The number of halogens is 1. The molecule has 2 unspecified atom stereocenters. The maximum Gasteiger partial charge on any atom is 0.115 e. The van der Waals surface area contributed by atoms with E-state index in [0.29, 0.717) is 5.41 Å². The SMILES string of the molecule is CCCC1(c2ccc(CF)cc2)CCCC(C)C1. The molecule has 0 saturated heterocycles. The van der Waals surface area contributed by atoms with E-state index in [4.69, 9.17) is 0 Å². The fraction of sp³-hybridized carbons (Fsp3) is 0.647. The average molecular weight is 248 g/mol. The molecule has 1 aliphatic rings. The second kappa shape index (κ2) is 5.86. The van der Waals surface area contributed by atoms with E-state index in [-0.39, 0.29) is 6.67 Å². The third-order valence-corrected chi connectivity index (χ3v) is 4.54. The predicted molar refractivity (Wildman–Crippen MR) is 75.5 cm³/mol. The second-order valence-corrected chi connectivity index (χ2v) is 6.06. The maximum absolute atomic E-state index is 12.6. The minimum absolute atomic E-state index is 0.350. The summed E-state index contributed by atoms with van der Waals surface area (Å²) < 4.78 is 12.6. The minimum atomic E-state index is -0.350. The minimum Gasteiger partial charge on any atom is -0.246 e. The summed E-state index contributed by atoms with van der Waals surface area (Å²) in [5, 5.41) is 0. The molecule has 0 aromatic heterocycles. The zero-order valence-corrected chi connectivity index (χ0v) is 11.7. The normalized spacial score (nSPS) is 28.3. The highest BCUT2D eigenvalue weighted by Gasteiger charge is 2.35.